The minimum absolute atomic E-state index is 0.760. The van der Waals surface area contributed by atoms with Crippen LogP contribution >= 0.6 is 0 Å². The van der Waals surface area contributed by atoms with E-state index in [1.165, 1.54) is 58.0 Å². The monoisotopic (exact) mass is 294 g/mol. The lowest BCUT2D eigenvalue weighted by Crippen LogP contribution is -2.60. The molecule has 1 heterocycles. The molecular weight excluding hydrogens is 260 g/mol. The Morgan fingerprint density at radius 3 is 2.52 bits per heavy atom. The van der Waals surface area contributed by atoms with Gasteiger partial charge >= 0.3 is 0 Å². The summed E-state index contributed by atoms with van der Waals surface area (Å²) in [5.74, 6) is 1.90. The number of ether oxygens (including phenoxy) is 1. The highest BCUT2D eigenvalue weighted by molar-refractivity contribution is 4.96. The Balaban J connectivity index is 1.53. The van der Waals surface area contributed by atoms with Gasteiger partial charge in [0.1, 0.15) is 0 Å². The van der Waals surface area contributed by atoms with E-state index in [4.69, 9.17) is 4.74 Å². The lowest BCUT2D eigenvalue weighted by atomic mass is 9.82. The van der Waals surface area contributed by atoms with Gasteiger partial charge in [0.05, 0.1) is 6.61 Å². The molecule has 3 fully saturated rings. The average Bonchev–Trinajstić information content (AvgIpc) is 3.37. The number of rotatable bonds is 7. The van der Waals surface area contributed by atoms with Crippen LogP contribution in [0.4, 0.5) is 0 Å². The van der Waals surface area contributed by atoms with Crippen LogP contribution in [0.25, 0.3) is 0 Å². The van der Waals surface area contributed by atoms with Crippen LogP contribution in [-0.4, -0.2) is 49.8 Å². The molecule has 0 radical (unpaired) electrons. The standard InChI is InChI=1S/C18H34N2O/c1-2-11-21-12-10-20-14-17(15-8-9-15)19-13-18(20)16-6-4-3-5-7-16/h15-19H,2-14H2,1H3. The van der Waals surface area contributed by atoms with Gasteiger partial charge in [0.15, 0.2) is 0 Å². The molecule has 0 aromatic rings. The number of hydrogen-bond donors (Lipinski definition) is 1. The van der Waals surface area contributed by atoms with Crippen molar-refractivity contribution < 1.29 is 4.74 Å². The summed E-state index contributed by atoms with van der Waals surface area (Å²) >= 11 is 0. The van der Waals surface area contributed by atoms with Crippen LogP contribution in [0.2, 0.25) is 0 Å². The average molecular weight is 294 g/mol. The lowest BCUT2D eigenvalue weighted by Gasteiger charge is -2.45. The minimum atomic E-state index is 0.760. The Morgan fingerprint density at radius 1 is 1.00 bits per heavy atom. The summed E-state index contributed by atoms with van der Waals surface area (Å²) in [4.78, 5) is 2.78. The van der Waals surface area contributed by atoms with Crippen molar-refractivity contribution >= 4 is 0 Å². The largest absolute Gasteiger partial charge is 0.380 e. The predicted molar refractivity (Wildman–Crippen MR) is 87.6 cm³/mol. The molecule has 2 atom stereocenters. The first kappa shape index (κ1) is 15.8. The van der Waals surface area contributed by atoms with E-state index in [0.29, 0.717) is 0 Å². The maximum atomic E-state index is 5.77. The SMILES string of the molecule is CCCOCCN1CC(C2CC2)NCC1C1CCCCC1. The van der Waals surface area contributed by atoms with Crippen LogP contribution in [0.5, 0.6) is 0 Å². The highest BCUT2D eigenvalue weighted by Gasteiger charge is 2.39. The van der Waals surface area contributed by atoms with Gasteiger partial charge in [-0.1, -0.05) is 26.2 Å². The van der Waals surface area contributed by atoms with Crippen molar-refractivity contribution in [2.45, 2.75) is 70.4 Å². The van der Waals surface area contributed by atoms with Crippen LogP contribution in [0.3, 0.4) is 0 Å². The first-order chi connectivity index (χ1) is 10.4. The summed E-state index contributed by atoms with van der Waals surface area (Å²) in [6.07, 6.45) is 11.3. The Morgan fingerprint density at radius 2 is 1.81 bits per heavy atom. The van der Waals surface area contributed by atoms with E-state index in [1.54, 1.807) is 0 Å². The summed E-state index contributed by atoms with van der Waals surface area (Å²) < 4.78 is 5.77. The van der Waals surface area contributed by atoms with Crippen LogP contribution in [-0.2, 0) is 4.74 Å². The van der Waals surface area contributed by atoms with Gasteiger partial charge in [0, 0.05) is 38.3 Å². The molecule has 3 aliphatic rings. The van der Waals surface area contributed by atoms with Crippen molar-refractivity contribution in [3.8, 4) is 0 Å². The molecule has 0 spiro atoms. The molecule has 0 aromatic heterocycles. The maximum Gasteiger partial charge on any atom is 0.0593 e. The summed E-state index contributed by atoms with van der Waals surface area (Å²) in [7, 11) is 0. The Labute approximate surface area is 130 Å². The van der Waals surface area contributed by atoms with Crippen molar-refractivity contribution in [3.05, 3.63) is 0 Å². The topological polar surface area (TPSA) is 24.5 Å². The molecule has 0 amide bonds. The fraction of sp³-hybridized carbons (Fsp3) is 1.00. The van der Waals surface area contributed by atoms with Crippen molar-refractivity contribution in [2.24, 2.45) is 11.8 Å². The number of piperazine rings is 1. The molecule has 2 saturated carbocycles. The summed E-state index contributed by atoms with van der Waals surface area (Å²) in [6.45, 7) is 7.67. The molecule has 21 heavy (non-hydrogen) atoms. The van der Waals surface area contributed by atoms with Gasteiger partial charge in [-0.15, -0.1) is 0 Å². The lowest BCUT2D eigenvalue weighted by molar-refractivity contribution is 0.0333. The fourth-order valence-electron chi connectivity index (χ4n) is 4.34. The molecule has 3 rings (SSSR count). The zero-order chi connectivity index (χ0) is 14.5. The second-order valence-corrected chi connectivity index (χ2v) is 7.42. The minimum Gasteiger partial charge on any atom is -0.380 e. The fourth-order valence-corrected chi connectivity index (χ4v) is 4.34. The highest BCUT2D eigenvalue weighted by Crippen LogP contribution is 2.36. The second kappa shape index (κ2) is 7.94. The molecule has 3 heteroatoms. The Hall–Kier alpha value is -0.120. The molecule has 122 valence electrons. The van der Waals surface area contributed by atoms with E-state index in [1.807, 2.05) is 0 Å². The van der Waals surface area contributed by atoms with E-state index in [0.717, 1.165) is 50.1 Å². The van der Waals surface area contributed by atoms with E-state index in [-0.39, 0.29) is 0 Å². The van der Waals surface area contributed by atoms with Crippen molar-refractivity contribution in [1.82, 2.24) is 10.2 Å². The van der Waals surface area contributed by atoms with Crippen molar-refractivity contribution in [3.63, 3.8) is 0 Å². The number of nitrogens with one attached hydrogen (secondary N) is 1. The van der Waals surface area contributed by atoms with Gasteiger partial charge in [0.2, 0.25) is 0 Å². The van der Waals surface area contributed by atoms with Gasteiger partial charge in [-0.05, 0) is 43.9 Å². The summed E-state index contributed by atoms with van der Waals surface area (Å²) in [6, 6.07) is 1.53. The van der Waals surface area contributed by atoms with E-state index >= 15 is 0 Å². The molecule has 1 saturated heterocycles. The van der Waals surface area contributed by atoms with Gasteiger partial charge in [-0.2, -0.15) is 0 Å². The predicted octanol–water partition coefficient (Wildman–Crippen LogP) is 3.05. The zero-order valence-corrected chi connectivity index (χ0v) is 13.9. The molecule has 0 aromatic carbocycles. The van der Waals surface area contributed by atoms with E-state index in [2.05, 4.69) is 17.1 Å². The third-order valence-electron chi connectivity index (χ3n) is 5.75. The zero-order valence-electron chi connectivity index (χ0n) is 13.9. The second-order valence-electron chi connectivity index (χ2n) is 7.42. The highest BCUT2D eigenvalue weighted by atomic mass is 16.5. The molecule has 2 aliphatic carbocycles. The Kier molecular flexibility index (Phi) is 5.96. The molecule has 2 unspecified atom stereocenters. The van der Waals surface area contributed by atoms with E-state index in [9.17, 15) is 0 Å². The quantitative estimate of drug-likeness (QED) is 0.730. The third kappa shape index (κ3) is 4.43. The van der Waals surface area contributed by atoms with Crippen LogP contribution in [0.15, 0.2) is 0 Å². The van der Waals surface area contributed by atoms with Gasteiger partial charge in [-0.25, -0.2) is 0 Å². The van der Waals surface area contributed by atoms with Crippen LogP contribution in [0, 0.1) is 11.8 Å². The molecular formula is C18H34N2O. The molecule has 0 bridgehead atoms. The summed E-state index contributed by atoms with van der Waals surface area (Å²) in [5, 5.41) is 3.88. The molecule has 1 N–H and O–H groups in total. The van der Waals surface area contributed by atoms with Crippen LogP contribution < -0.4 is 5.32 Å². The molecule has 1 aliphatic heterocycles. The Bertz CT molecular complexity index is 300. The van der Waals surface area contributed by atoms with Gasteiger partial charge < -0.3 is 10.1 Å². The van der Waals surface area contributed by atoms with Gasteiger partial charge in [0.25, 0.3) is 0 Å². The summed E-state index contributed by atoms with van der Waals surface area (Å²) in [5.41, 5.74) is 0. The van der Waals surface area contributed by atoms with Crippen LogP contribution in [0.1, 0.15) is 58.3 Å². The maximum absolute atomic E-state index is 5.77. The third-order valence-corrected chi connectivity index (χ3v) is 5.75. The normalized spacial score (nSPS) is 32.4. The first-order valence-corrected chi connectivity index (χ1v) is 9.43. The van der Waals surface area contributed by atoms with Gasteiger partial charge in [-0.3, -0.25) is 4.90 Å². The van der Waals surface area contributed by atoms with Crippen molar-refractivity contribution in [2.75, 3.05) is 32.8 Å². The van der Waals surface area contributed by atoms with Crippen molar-refractivity contribution in [1.29, 1.82) is 0 Å². The number of hydrogen-bond acceptors (Lipinski definition) is 3. The number of nitrogens with zero attached hydrogens (tertiary/aromatic N) is 1. The first-order valence-electron chi connectivity index (χ1n) is 9.43. The molecule has 3 nitrogen and oxygen atoms in total. The smallest absolute Gasteiger partial charge is 0.0593 e. The van der Waals surface area contributed by atoms with E-state index < -0.39 is 0 Å².